The summed E-state index contributed by atoms with van der Waals surface area (Å²) in [6.07, 6.45) is 2.61. The van der Waals surface area contributed by atoms with Crippen LogP contribution in [0.2, 0.25) is 0 Å². The standard InChI is InChI=1S/C29H34F3N3O3.ClH/c30-29(31,32)24-11-8-12-25(33-24)34-26(36)20-35-17-13-21(14-18-35)23(19-35)38-27(37)28(15-6-1-2-7-16-28)22-9-4-3-5-10-22;/h3-5,8-12,21,23H,1-2,6-7,13-20H2;1H. The molecule has 4 aliphatic rings. The van der Waals surface area contributed by atoms with E-state index in [2.05, 4.69) is 10.3 Å². The van der Waals surface area contributed by atoms with Crippen molar-refractivity contribution in [3.63, 3.8) is 0 Å². The van der Waals surface area contributed by atoms with Crippen molar-refractivity contribution in [1.29, 1.82) is 0 Å². The Kier molecular flexibility index (Phi) is 8.91. The van der Waals surface area contributed by atoms with Gasteiger partial charge >= 0.3 is 12.1 Å². The quantitative estimate of drug-likeness (QED) is 0.332. The summed E-state index contributed by atoms with van der Waals surface area (Å²) < 4.78 is 45.9. The zero-order valence-corrected chi connectivity index (χ0v) is 22.6. The van der Waals surface area contributed by atoms with Gasteiger partial charge in [0.05, 0.1) is 18.5 Å². The molecule has 2 aromatic rings. The average molecular weight is 566 g/mol. The number of ether oxygens (including phenoxy) is 1. The van der Waals surface area contributed by atoms with E-state index in [0.717, 1.165) is 76.1 Å². The number of pyridine rings is 1. The van der Waals surface area contributed by atoms with Gasteiger partial charge in [0.25, 0.3) is 5.91 Å². The van der Waals surface area contributed by atoms with Crippen LogP contribution < -0.4 is 17.7 Å². The van der Waals surface area contributed by atoms with Crippen LogP contribution in [-0.2, 0) is 25.9 Å². The highest BCUT2D eigenvalue weighted by molar-refractivity contribution is 5.90. The van der Waals surface area contributed by atoms with E-state index in [4.69, 9.17) is 4.74 Å². The van der Waals surface area contributed by atoms with Gasteiger partial charge in [0, 0.05) is 18.8 Å². The lowest BCUT2D eigenvalue weighted by molar-refractivity contribution is -0.939. The number of nitrogens with zero attached hydrogens (tertiary/aromatic N) is 2. The Morgan fingerprint density at radius 1 is 0.974 bits per heavy atom. The molecule has 4 fully saturated rings. The highest BCUT2D eigenvalue weighted by atomic mass is 35.5. The van der Waals surface area contributed by atoms with Crippen molar-refractivity contribution in [1.82, 2.24) is 4.98 Å². The van der Waals surface area contributed by atoms with Crippen LogP contribution in [0.25, 0.3) is 0 Å². The van der Waals surface area contributed by atoms with Gasteiger partial charge in [-0.3, -0.25) is 9.59 Å². The number of carbonyl (C=O) groups is 2. The molecule has 10 heteroatoms. The van der Waals surface area contributed by atoms with Crippen molar-refractivity contribution in [3.05, 3.63) is 59.8 Å². The highest BCUT2D eigenvalue weighted by Gasteiger charge is 2.51. The molecule has 6 nitrogen and oxygen atoms in total. The Balaban J connectivity index is 0.00000353. The fourth-order valence-corrected chi connectivity index (χ4v) is 6.68. The Hall–Kier alpha value is -2.65. The molecule has 1 aromatic heterocycles. The zero-order chi connectivity index (χ0) is 26.8. The molecule has 6 rings (SSSR count). The lowest BCUT2D eigenvalue weighted by atomic mass is 9.74. The molecule has 39 heavy (non-hydrogen) atoms. The Morgan fingerprint density at radius 2 is 1.64 bits per heavy atom. The van der Waals surface area contributed by atoms with Crippen LogP contribution in [0.15, 0.2) is 48.5 Å². The smallest absolute Gasteiger partial charge is 0.433 e. The third-order valence-corrected chi connectivity index (χ3v) is 8.76. The first kappa shape index (κ1) is 29.3. The first-order valence-corrected chi connectivity index (χ1v) is 13.7. The lowest BCUT2D eigenvalue weighted by Crippen LogP contribution is -3.00. The molecule has 1 amide bonds. The Labute approximate surface area is 233 Å². The number of quaternary nitrogens is 1. The number of aromatic nitrogens is 1. The maximum absolute atomic E-state index is 13.9. The number of esters is 1. The molecule has 1 unspecified atom stereocenters. The van der Waals surface area contributed by atoms with Crippen LogP contribution in [0.5, 0.6) is 0 Å². The van der Waals surface area contributed by atoms with Crippen LogP contribution in [0.1, 0.15) is 62.6 Å². The van der Waals surface area contributed by atoms with E-state index >= 15 is 0 Å². The minimum absolute atomic E-state index is 0. The van der Waals surface area contributed by atoms with Gasteiger partial charge in [-0.1, -0.05) is 62.1 Å². The minimum Gasteiger partial charge on any atom is -1.00 e. The van der Waals surface area contributed by atoms with Gasteiger partial charge in [0.2, 0.25) is 0 Å². The second kappa shape index (κ2) is 11.8. The van der Waals surface area contributed by atoms with Crippen LogP contribution in [0, 0.1) is 5.92 Å². The molecule has 0 radical (unpaired) electrons. The maximum Gasteiger partial charge on any atom is 0.433 e. The predicted molar refractivity (Wildman–Crippen MR) is 136 cm³/mol. The van der Waals surface area contributed by atoms with Gasteiger partial charge < -0.3 is 26.9 Å². The van der Waals surface area contributed by atoms with Crippen LogP contribution in [-0.4, -0.2) is 53.6 Å². The number of anilines is 1. The number of alkyl halides is 3. The molecule has 4 heterocycles. The summed E-state index contributed by atoms with van der Waals surface area (Å²) in [5.74, 6) is -0.381. The van der Waals surface area contributed by atoms with E-state index in [-0.39, 0.29) is 48.7 Å². The largest absolute Gasteiger partial charge is 1.00 e. The normalized spacial score (nSPS) is 26.1. The molecule has 1 aromatic carbocycles. The zero-order valence-electron chi connectivity index (χ0n) is 21.9. The summed E-state index contributed by atoms with van der Waals surface area (Å²) >= 11 is 0. The fraction of sp³-hybridized carbons (Fsp3) is 0.552. The maximum atomic E-state index is 13.9. The number of benzene rings is 1. The fourth-order valence-electron chi connectivity index (χ4n) is 6.68. The number of hydrogen-bond donors (Lipinski definition) is 1. The molecule has 1 N–H and O–H groups in total. The first-order valence-electron chi connectivity index (χ1n) is 13.7. The van der Waals surface area contributed by atoms with Gasteiger partial charge in [-0.05, 0) is 30.5 Å². The predicted octanol–water partition coefficient (Wildman–Crippen LogP) is 2.49. The van der Waals surface area contributed by atoms with Gasteiger partial charge in [-0.2, -0.15) is 13.2 Å². The molecule has 2 bridgehead atoms. The molecule has 1 atom stereocenters. The topological polar surface area (TPSA) is 68.3 Å². The summed E-state index contributed by atoms with van der Waals surface area (Å²) in [5, 5.41) is 2.55. The Morgan fingerprint density at radius 3 is 2.28 bits per heavy atom. The number of rotatable bonds is 6. The lowest BCUT2D eigenvalue weighted by Gasteiger charge is -2.52. The number of fused-ring (bicyclic) bond motifs is 3. The second-order valence-electron chi connectivity index (χ2n) is 11.2. The van der Waals surface area contributed by atoms with Crippen LogP contribution in [0.4, 0.5) is 19.0 Å². The van der Waals surface area contributed by atoms with Gasteiger partial charge in [-0.25, -0.2) is 4.98 Å². The SMILES string of the molecule is O=C(C[N+]12CCC(CC1)C(OC(=O)C1(c3ccccc3)CCCCCC1)C2)Nc1cccc(C(F)(F)F)n1.[Cl-]. The summed E-state index contributed by atoms with van der Waals surface area (Å²) in [7, 11) is 0. The number of halogens is 4. The van der Waals surface area contributed by atoms with Gasteiger partial charge in [0.15, 0.2) is 12.6 Å². The third-order valence-electron chi connectivity index (χ3n) is 8.76. The van der Waals surface area contributed by atoms with Crippen molar-refractivity contribution < 1.29 is 44.4 Å². The highest BCUT2D eigenvalue weighted by Crippen LogP contribution is 2.42. The summed E-state index contributed by atoms with van der Waals surface area (Å²) in [6.45, 7) is 2.23. The number of nitrogens with one attached hydrogen (secondary N) is 1. The van der Waals surface area contributed by atoms with Crippen LogP contribution in [0.3, 0.4) is 0 Å². The van der Waals surface area contributed by atoms with E-state index in [9.17, 15) is 22.8 Å². The molecule has 1 aliphatic carbocycles. The van der Waals surface area contributed by atoms with E-state index in [1.165, 1.54) is 12.1 Å². The van der Waals surface area contributed by atoms with E-state index in [1.807, 2.05) is 30.3 Å². The number of piperidine rings is 3. The molecular weight excluding hydrogens is 531 g/mol. The van der Waals surface area contributed by atoms with Gasteiger partial charge in [-0.15, -0.1) is 0 Å². The minimum atomic E-state index is -4.58. The molecule has 3 saturated heterocycles. The summed E-state index contributed by atoms with van der Waals surface area (Å²) in [4.78, 5) is 30.4. The Bertz CT molecular complexity index is 1150. The monoisotopic (exact) mass is 565 g/mol. The van der Waals surface area contributed by atoms with E-state index in [1.54, 1.807) is 0 Å². The van der Waals surface area contributed by atoms with Gasteiger partial charge in [0.1, 0.15) is 18.1 Å². The molecule has 0 spiro atoms. The number of hydrogen-bond acceptors (Lipinski definition) is 4. The van der Waals surface area contributed by atoms with E-state index in [0.29, 0.717) is 11.0 Å². The van der Waals surface area contributed by atoms with Crippen molar-refractivity contribution in [2.24, 2.45) is 5.92 Å². The van der Waals surface area contributed by atoms with Crippen molar-refractivity contribution in [3.8, 4) is 0 Å². The van der Waals surface area contributed by atoms with Crippen molar-refractivity contribution >= 4 is 17.7 Å². The summed E-state index contributed by atoms with van der Waals surface area (Å²) in [6, 6.07) is 13.4. The first-order chi connectivity index (χ1) is 18.2. The van der Waals surface area contributed by atoms with Crippen molar-refractivity contribution in [2.75, 3.05) is 31.5 Å². The van der Waals surface area contributed by atoms with E-state index < -0.39 is 17.3 Å². The molecular formula is C29H35ClF3N3O3. The summed E-state index contributed by atoms with van der Waals surface area (Å²) in [5.41, 5.74) is -0.662. The number of carbonyl (C=O) groups excluding carboxylic acids is 2. The average Bonchev–Trinajstić information content (AvgIpc) is 3.16. The third kappa shape index (κ3) is 6.40. The van der Waals surface area contributed by atoms with Crippen LogP contribution >= 0.6 is 0 Å². The molecule has 1 saturated carbocycles. The van der Waals surface area contributed by atoms with Crippen molar-refractivity contribution in [2.45, 2.75) is 69.1 Å². The number of amides is 1. The second-order valence-corrected chi connectivity index (χ2v) is 11.2. The molecule has 212 valence electrons. The molecule has 3 aliphatic heterocycles.